The number of aromatic nitrogens is 12. The third kappa shape index (κ3) is 40.1. The number of fused-ring (bicyclic) bond motifs is 10. The van der Waals surface area contributed by atoms with Gasteiger partial charge in [0.25, 0.3) is 0 Å². The fourth-order valence-electron chi connectivity index (χ4n) is 10.0. The van der Waals surface area contributed by atoms with Gasteiger partial charge in [-0.25, -0.2) is 9.97 Å². The first-order valence-electron chi connectivity index (χ1n) is 42.3. The van der Waals surface area contributed by atoms with Crippen molar-refractivity contribution in [1.29, 1.82) is 0 Å². The monoisotopic (exact) mass is 1590 g/mol. The fourth-order valence-corrected chi connectivity index (χ4v) is 10.0. The van der Waals surface area contributed by atoms with Crippen LogP contribution in [-0.2, 0) is 0 Å². The van der Waals surface area contributed by atoms with E-state index in [1.807, 2.05) is 437 Å². The number of hydrogen-bond donors (Lipinski definition) is 0. The SMILES string of the molecule is CC.CC.CC.CC.CC.CC.CC.CC.CC.CC.c1ccc2cnccc2c1.c1ccc2cnccc2c1.c1ccc2cnccc2c1.c1ccc2cnccc2c1.c1ccc2ncccc2c1.c1ccc2ncccc2c1.c1ccc2ncccc2c1.c1ccc2ncccc2c1.c1ccc2nccnc2c1.c1ccc2ncncc2c1. The fraction of sp³-hybridized carbons (Fsp3) is 0.185. The molecular weight excluding hydrogens is 1470 g/mol. The summed E-state index contributed by atoms with van der Waals surface area (Å²) in [5.74, 6) is 0. The highest BCUT2D eigenvalue weighted by atomic mass is 14.8. The van der Waals surface area contributed by atoms with Crippen LogP contribution in [0.3, 0.4) is 0 Å². The Balaban J connectivity index is 0.000000651. The average molecular weight is 1590 g/mol. The minimum atomic E-state index is 0.949. The molecule has 0 saturated carbocycles. The lowest BCUT2D eigenvalue weighted by Gasteiger charge is -1.91. The van der Waals surface area contributed by atoms with Gasteiger partial charge in [0.2, 0.25) is 0 Å². The zero-order valence-electron chi connectivity index (χ0n) is 74.6. The van der Waals surface area contributed by atoms with Crippen LogP contribution in [0, 0.1) is 0 Å². The summed E-state index contributed by atoms with van der Waals surface area (Å²) in [4.78, 5) is 49.0. The third-order valence-electron chi connectivity index (χ3n) is 15.0. The lowest BCUT2D eigenvalue weighted by atomic mass is 10.2. The largest absolute Gasteiger partial charge is 0.264 e. The molecule has 0 atom stereocenters. The van der Waals surface area contributed by atoms with Crippen LogP contribution < -0.4 is 0 Å². The summed E-state index contributed by atoms with van der Waals surface area (Å²) in [6.07, 6.45) is 28.7. The maximum absolute atomic E-state index is 4.18. The Labute approximate surface area is 717 Å². The van der Waals surface area contributed by atoms with Gasteiger partial charge in [-0.15, -0.1) is 0 Å². The summed E-state index contributed by atoms with van der Waals surface area (Å²) in [6, 6.07) is 105. The third-order valence-corrected chi connectivity index (χ3v) is 15.0. The topological polar surface area (TPSA) is 155 Å². The first-order chi connectivity index (χ1) is 59.7. The summed E-state index contributed by atoms with van der Waals surface area (Å²) in [6.45, 7) is 40.0. The molecule has 12 nitrogen and oxygen atoms in total. The van der Waals surface area contributed by atoms with E-state index in [-0.39, 0.29) is 0 Å². The van der Waals surface area contributed by atoms with Crippen LogP contribution in [-0.4, -0.2) is 59.8 Å². The molecule has 0 aliphatic heterocycles. The van der Waals surface area contributed by atoms with Crippen molar-refractivity contribution < 1.29 is 0 Å². The number of nitrogens with zero attached hydrogens (tertiary/aromatic N) is 12. The molecule has 20 rings (SSSR count). The normalized spacial score (nSPS) is 8.83. The van der Waals surface area contributed by atoms with E-state index in [4.69, 9.17) is 0 Å². The first kappa shape index (κ1) is 104. The lowest BCUT2D eigenvalue weighted by Crippen LogP contribution is -1.78. The second-order valence-electron chi connectivity index (χ2n) is 21.8. The van der Waals surface area contributed by atoms with E-state index in [0.717, 1.165) is 44.0 Å². The van der Waals surface area contributed by atoms with E-state index in [0.29, 0.717) is 0 Å². The van der Waals surface area contributed by atoms with Gasteiger partial charge in [-0.3, -0.25) is 49.8 Å². The Kier molecular flexibility index (Phi) is 62.2. The molecule has 120 heavy (non-hydrogen) atoms. The standard InChI is InChI=1S/8C9H7N.2C8H6N2.10C2H6/c4*1-2-6-9-8(4-1)5-3-7-10-9;4*1-2-4-9-7-10-6-5-8(9)3-1;1-2-4-8-7(3-1)5-9-6-10-8;1-2-4-8-7(3-1)9-5-6-10-8;10*1-2/h8*1-7H;2*1-6H;10*1-2H3. The van der Waals surface area contributed by atoms with Crippen LogP contribution in [0.2, 0.25) is 0 Å². The van der Waals surface area contributed by atoms with Crippen LogP contribution in [0.4, 0.5) is 0 Å². The van der Waals surface area contributed by atoms with Gasteiger partial charge < -0.3 is 0 Å². The van der Waals surface area contributed by atoms with Crippen molar-refractivity contribution >= 4 is 109 Å². The van der Waals surface area contributed by atoms with E-state index >= 15 is 0 Å². The molecule has 0 bridgehead atoms. The minimum Gasteiger partial charge on any atom is -0.264 e. The van der Waals surface area contributed by atoms with Gasteiger partial charge in [-0.05, 0) is 134 Å². The molecule has 10 heterocycles. The van der Waals surface area contributed by atoms with Gasteiger partial charge in [-0.1, -0.05) is 363 Å². The maximum Gasteiger partial charge on any atom is 0.116 e. The van der Waals surface area contributed by atoms with Crippen LogP contribution in [0.5, 0.6) is 0 Å². The molecular formula is C108H128N12. The summed E-state index contributed by atoms with van der Waals surface area (Å²) >= 11 is 0. The minimum absolute atomic E-state index is 0.949. The Morgan fingerprint density at radius 1 is 0.117 bits per heavy atom. The molecule has 0 unspecified atom stereocenters. The Bertz CT molecular complexity index is 3950. The molecule has 12 heteroatoms. The Morgan fingerprint density at radius 3 is 0.500 bits per heavy atom. The highest BCUT2D eigenvalue weighted by molar-refractivity contribution is 5.85. The van der Waals surface area contributed by atoms with Crippen molar-refractivity contribution in [2.45, 2.75) is 138 Å². The van der Waals surface area contributed by atoms with E-state index in [1.165, 1.54) is 64.6 Å². The van der Waals surface area contributed by atoms with Gasteiger partial charge in [0, 0.05) is 120 Å². The van der Waals surface area contributed by atoms with Gasteiger partial charge in [-0.2, -0.15) is 0 Å². The molecule has 620 valence electrons. The molecule has 0 amide bonds. The second kappa shape index (κ2) is 71.7. The van der Waals surface area contributed by atoms with Crippen molar-refractivity contribution in [3.05, 3.63) is 415 Å². The molecule has 0 fully saturated rings. The predicted molar refractivity (Wildman–Crippen MR) is 527 cm³/mol. The highest BCUT2D eigenvalue weighted by Crippen LogP contribution is 2.16. The van der Waals surface area contributed by atoms with E-state index in [1.54, 1.807) is 18.7 Å². The molecule has 0 N–H and O–H groups in total. The maximum atomic E-state index is 4.18. The average Bonchev–Trinajstić information content (AvgIpc) is 0.962. The summed E-state index contributed by atoms with van der Waals surface area (Å²) in [5, 5.41) is 15.7. The van der Waals surface area contributed by atoms with Gasteiger partial charge in [0.1, 0.15) is 6.33 Å². The Morgan fingerprint density at radius 2 is 0.283 bits per heavy atom. The van der Waals surface area contributed by atoms with Crippen molar-refractivity contribution in [3.63, 3.8) is 0 Å². The molecule has 0 spiro atoms. The van der Waals surface area contributed by atoms with Crippen molar-refractivity contribution in [3.8, 4) is 0 Å². The van der Waals surface area contributed by atoms with Crippen LogP contribution in [0.1, 0.15) is 138 Å². The van der Waals surface area contributed by atoms with Gasteiger partial charge >= 0.3 is 0 Å². The number of pyridine rings is 8. The van der Waals surface area contributed by atoms with Crippen LogP contribution in [0.15, 0.2) is 415 Å². The molecule has 0 saturated heterocycles. The zero-order valence-corrected chi connectivity index (χ0v) is 74.6. The molecule has 20 aromatic rings. The molecule has 10 aromatic heterocycles. The smallest absolute Gasteiger partial charge is 0.116 e. The molecule has 10 aromatic carbocycles. The summed E-state index contributed by atoms with van der Waals surface area (Å²) in [5.41, 5.74) is 7.14. The number of rotatable bonds is 0. The quantitative estimate of drug-likeness (QED) is 0.142. The van der Waals surface area contributed by atoms with Crippen molar-refractivity contribution in [1.82, 2.24) is 59.8 Å². The first-order valence-corrected chi connectivity index (χ1v) is 42.3. The zero-order chi connectivity index (χ0) is 88.1. The number of hydrogen-bond acceptors (Lipinski definition) is 12. The molecule has 0 aliphatic rings. The Hall–Kier alpha value is -13.8. The summed E-state index contributed by atoms with van der Waals surface area (Å²) in [7, 11) is 0. The second-order valence-corrected chi connectivity index (χ2v) is 21.8. The van der Waals surface area contributed by atoms with Crippen LogP contribution >= 0.6 is 0 Å². The van der Waals surface area contributed by atoms with Crippen molar-refractivity contribution in [2.75, 3.05) is 0 Å². The summed E-state index contributed by atoms with van der Waals surface area (Å²) < 4.78 is 0. The van der Waals surface area contributed by atoms with Gasteiger partial charge in [0.05, 0.1) is 38.6 Å². The predicted octanol–water partition coefficient (Wildman–Crippen LogP) is 31.4. The van der Waals surface area contributed by atoms with E-state index < -0.39 is 0 Å². The van der Waals surface area contributed by atoms with Crippen molar-refractivity contribution in [2.24, 2.45) is 0 Å². The van der Waals surface area contributed by atoms with E-state index in [9.17, 15) is 0 Å². The van der Waals surface area contributed by atoms with Gasteiger partial charge in [0.15, 0.2) is 0 Å². The lowest BCUT2D eigenvalue weighted by molar-refractivity contribution is 1.22. The molecule has 0 radical (unpaired) electrons. The number of benzene rings is 10. The van der Waals surface area contributed by atoms with E-state index in [2.05, 4.69) is 157 Å². The van der Waals surface area contributed by atoms with Crippen LogP contribution in [0.25, 0.3) is 109 Å². The highest BCUT2D eigenvalue weighted by Gasteiger charge is 1.95. The number of para-hydroxylation sites is 7. The molecule has 0 aliphatic carbocycles.